The summed E-state index contributed by atoms with van der Waals surface area (Å²) in [5.74, 6) is 0.762. The number of hydrogen-bond acceptors (Lipinski definition) is 3. The molecule has 2 N–H and O–H groups in total. The van der Waals surface area contributed by atoms with Gasteiger partial charge in [0.25, 0.3) is 0 Å². The Bertz CT molecular complexity index is 298. The molecule has 0 aliphatic carbocycles. The van der Waals surface area contributed by atoms with E-state index in [1.54, 1.807) is 0 Å². The highest BCUT2D eigenvalue weighted by Crippen LogP contribution is 2.23. The summed E-state index contributed by atoms with van der Waals surface area (Å²) in [6.45, 7) is 0.165. The molecule has 0 saturated carbocycles. The molecule has 1 aliphatic rings. The van der Waals surface area contributed by atoms with E-state index in [0.717, 1.165) is 11.3 Å². The van der Waals surface area contributed by atoms with Crippen LogP contribution in [0.1, 0.15) is 5.56 Å². The number of aliphatic hydroxyl groups is 2. The number of fused-ring (bicyclic) bond motifs is 1. The van der Waals surface area contributed by atoms with Crippen LogP contribution < -0.4 is 4.74 Å². The lowest BCUT2D eigenvalue weighted by Gasteiger charge is -2.12. The molecule has 1 aromatic carbocycles. The van der Waals surface area contributed by atoms with E-state index in [-0.39, 0.29) is 6.61 Å². The van der Waals surface area contributed by atoms with Gasteiger partial charge in [0.2, 0.25) is 0 Å². The highest BCUT2D eigenvalue weighted by molar-refractivity contribution is 5.34. The van der Waals surface area contributed by atoms with Gasteiger partial charge in [-0.15, -0.1) is 0 Å². The Morgan fingerprint density at radius 2 is 1.92 bits per heavy atom. The van der Waals surface area contributed by atoms with Gasteiger partial charge in [-0.25, -0.2) is 0 Å². The van der Waals surface area contributed by atoms with Crippen molar-refractivity contribution in [2.75, 3.05) is 6.61 Å². The molecular formula is C10H12O3. The largest absolute Gasteiger partial charge is 0.491 e. The van der Waals surface area contributed by atoms with Crippen molar-refractivity contribution in [1.29, 1.82) is 0 Å². The van der Waals surface area contributed by atoms with E-state index in [0.29, 0.717) is 6.42 Å². The van der Waals surface area contributed by atoms with E-state index in [9.17, 15) is 10.2 Å². The topological polar surface area (TPSA) is 49.7 Å². The van der Waals surface area contributed by atoms with E-state index in [1.165, 1.54) is 0 Å². The van der Waals surface area contributed by atoms with Crippen LogP contribution in [0.5, 0.6) is 5.75 Å². The van der Waals surface area contributed by atoms with Crippen molar-refractivity contribution >= 4 is 0 Å². The zero-order valence-electron chi connectivity index (χ0n) is 7.18. The van der Waals surface area contributed by atoms with Crippen LogP contribution in [0.2, 0.25) is 0 Å². The summed E-state index contributed by atoms with van der Waals surface area (Å²) in [5.41, 5.74) is 0.951. The molecule has 3 heteroatoms. The van der Waals surface area contributed by atoms with E-state index in [1.807, 2.05) is 24.3 Å². The number of aliphatic hydroxyl groups excluding tert-OH is 2. The maximum absolute atomic E-state index is 9.47. The fourth-order valence-electron chi connectivity index (χ4n) is 1.46. The summed E-state index contributed by atoms with van der Waals surface area (Å²) in [6.07, 6.45) is -1.05. The van der Waals surface area contributed by atoms with Crippen molar-refractivity contribution in [3.63, 3.8) is 0 Å². The van der Waals surface area contributed by atoms with Crippen LogP contribution in [0, 0.1) is 0 Å². The molecule has 0 spiro atoms. The van der Waals surface area contributed by atoms with Gasteiger partial charge in [0, 0.05) is 6.42 Å². The van der Waals surface area contributed by atoms with Crippen LogP contribution in [0.25, 0.3) is 0 Å². The average Bonchev–Trinajstić information content (AvgIpc) is 2.28. The predicted octanol–water partition coefficient (Wildman–Crippen LogP) is 0.343. The highest BCUT2D eigenvalue weighted by Gasteiger charge is 2.22. The molecule has 1 heterocycles. The highest BCUT2D eigenvalue weighted by atomic mass is 16.5. The Hall–Kier alpha value is -1.06. The van der Waals surface area contributed by atoms with E-state index in [2.05, 4.69) is 0 Å². The van der Waals surface area contributed by atoms with Crippen LogP contribution in [-0.4, -0.2) is 29.0 Å². The third kappa shape index (κ3) is 1.66. The molecule has 1 aromatic rings. The Morgan fingerprint density at radius 1 is 1.15 bits per heavy atom. The van der Waals surface area contributed by atoms with Gasteiger partial charge >= 0.3 is 0 Å². The molecule has 2 rings (SSSR count). The second kappa shape index (κ2) is 3.36. The first-order valence-corrected chi connectivity index (χ1v) is 4.34. The molecule has 0 fully saturated rings. The number of para-hydroxylation sites is 1. The Balaban J connectivity index is 2.29. The SMILES string of the molecule is OC1COc2ccccc2CC1O. The van der Waals surface area contributed by atoms with Crippen LogP contribution in [-0.2, 0) is 6.42 Å². The third-order valence-corrected chi connectivity index (χ3v) is 2.26. The number of rotatable bonds is 0. The Labute approximate surface area is 76.6 Å². The van der Waals surface area contributed by atoms with Gasteiger partial charge in [0.15, 0.2) is 0 Å². The standard InChI is InChI=1S/C10H12O3/c11-8-5-7-3-1-2-4-10(7)13-6-9(8)12/h1-4,8-9,11-12H,5-6H2. The molecule has 70 valence electrons. The lowest BCUT2D eigenvalue weighted by atomic mass is 10.1. The molecule has 2 unspecified atom stereocenters. The van der Waals surface area contributed by atoms with Gasteiger partial charge in [-0.05, 0) is 11.6 Å². The zero-order chi connectivity index (χ0) is 9.26. The normalized spacial score (nSPS) is 27.2. The quantitative estimate of drug-likeness (QED) is 0.605. The molecule has 13 heavy (non-hydrogen) atoms. The van der Waals surface area contributed by atoms with E-state index < -0.39 is 12.2 Å². The second-order valence-corrected chi connectivity index (χ2v) is 3.26. The first kappa shape index (κ1) is 8.53. The van der Waals surface area contributed by atoms with E-state index >= 15 is 0 Å². The second-order valence-electron chi connectivity index (χ2n) is 3.26. The predicted molar refractivity (Wildman–Crippen MR) is 47.7 cm³/mol. The van der Waals surface area contributed by atoms with Crippen molar-refractivity contribution in [3.8, 4) is 5.75 Å². The summed E-state index contributed by atoms with van der Waals surface area (Å²) >= 11 is 0. The number of hydrogen-bond donors (Lipinski definition) is 2. The molecule has 0 bridgehead atoms. The maximum Gasteiger partial charge on any atom is 0.122 e. The van der Waals surface area contributed by atoms with Gasteiger partial charge in [0.05, 0.1) is 6.10 Å². The van der Waals surface area contributed by atoms with Crippen molar-refractivity contribution in [3.05, 3.63) is 29.8 Å². The molecule has 3 nitrogen and oxygen atoms in total. The fraction of sp³-hybridized carbons (Fsp3) is 0.400. The third-order valence-electron chi connectivity index (χ3n) is 2.26. The average molecular weight is 180 g/mol. The summed E-state index contributed by atoms with van der Waals surface area (Å²) in [4.78, 5) is 0. The van der Waals surface area contributed by atoms with Gasteiger partial charge in [-0.1, -0.05) is 18.2 Å². The fourth-order valence-corrected chi connectivity index (χ4v) is 1.46. The lowest BCUT2D eigenvalue weighted by Crippen LogP contribution is -2.30. The molecule has 0 radical (unpaired) electrons. The van der Waals surface area contributed by atoms with Gasteiger partial charge in [0.1, 0.15) is 18.5 Å². The van der Waals surface area contributed by atoms with Gasteiger partial charge < -0.3 is 14.9 Å². The number of benzene rings is 1. The first-order valence-electron chi connectivity index (χ1n) is 4.34. The molecule has 2 atom stereocenters. The van der Waals surface area contributed by atoms with Crippen molar-refractivity contribution in [2.24, 2.45) is 0 Å². The smallest absolute Gasteiger partial charge is 0.122 e. The van der Waals surface area contributed by atoms with Gasteiger partial charge in [-0.2, -0.15) is 0 Å². The summed E-state index contributed by atoms with van der Waals surface area (Å²) in [5, 5.41) is 18.8. The Kier molecular flexibility index (Phi) is 2.20. The zero-order valence-corrected chi connectivity index (χ0v) is 7.18. The van der Waals surface area contributed by atoms with Crippen molar-refractivity contribution in [2.45, 2.75) is 18.6 Å². The molecule has 0 amide bonds. The van der Waals surface area contributed by atoms with Crippen LogP contribution in [0.3, 0.4) is 0 Å². The minimum atomic E-state index is -0.785. The van der Waals surface area contributed by atoms with Gasteiger partial charge in [-0.3, -0.25) is 0 Å². The molecule has 0 aromatic heterocycles. The van der Waals surface area contributed by atoms with E-state index in [4.69, 9.17) is 4.74 Å². The number of ether oxygens (including phenoxy) is 1. The minimum absolute atomic E-state index is 0.165. The summed E-state index contributed by atoms with van der Waals surface area (Å²) < 4.78 is 5.32. The van der Waals surface area contributed by atoms with Crippen LogP contribution in [0.4, 0.5) is 0 Å². The molecule has 1 aliphatic heterocycles. The molecular weight excluding hydrogens is 168 g/mol. The van der Waals surface area contributed by atoms with Crippen LogP contribution in [0.15, 0.2) is 24.3 Å². The van der Waals surface area contributed by atoms with Crippen molar-refractivity contribution in [1.82, 2.24) is 0 Å². The molecule has 0 saturated heterocycles. The summed E-state index contributed by atoms with van der Waals surface area (Å²) in [7, 11) is 0. The monoisotopic (exact) mass is 180 g/mol. The van der Waals surface area contributed by atoms with Crippen LogP contribution >= 0.6 is 0 Å². The maximum atomic E-state index is 9.47. The minimum Gasteiger partial charge on any atom is -0.491 e. The lowest BCUT2D eigenvalue weighted by molar-refractivity contribution is 0.000112. The summed E-state index contributed by atoms with van der Waals surface area (Å²) in [6, 6.07) is 7.52. The van der Waals surface area contributed by atoms with Crippen molar-refractivity contribution < 1.29 is 14.9 Å². The Morgan fingerprint density at radius 3 is 2.77 bits per heavy atom. The first-order chi connectivity index (χ1) is 6.27.